The van der Waals surface area contributed by atoms with Gasteiger partial charge in [0.25, 0.3) is 0 Å². The lowest BCUT2D eigenvalue weighted by molar-refractivity contribution is 0.699. The molecule has 100 valence electrons. The van der Waals surface area contributed by atoms with Crippen LogP contribution in [-0.2, 0) is 6.42 Å². The first kappa shape index (κ1) is 15.4. The van der Waals surface area contributed by atoms with Crippen LogP contribution in [-0.4, -0.2) is 6.54 Å². The average Bonchev–Trinajstić information content (AvgIpc) is 2.46. The Bertz CT molecular complexity index is 520. The van der Waals surface area contributed by atoms with Crippen LogP contribution < -0.4 is 5.73 Å². The minimum absolute atomic E-state index is 0. The highest BCUT2D eigenvalue weighted by molar-refractivity contribution is 5.85. The molecule has 0 amide bonds. The van der Waals surface area contributed by atoms with Crippen molar-refractivity contribution in [2.45, 2.75) is 6.42 Å². The van der Waals surface area contributed by atoms with Gasteiger partial charge in [-0.1, -0.05) is 54.6 Å². The van der Waals surface area contributed by atoms with Crippen LogP contribution in [0.4, 0.5) is 4.39 Å². The molecule has 0 fully saturated rings. The van der Waals surface area contributed by atoms with Crippen molar-refractivity contribution in [3.05, 3.63) is 72.1 Å². The van der Waals surface area contributed by atoms with E-state index in [0.29, 0.717) is 18.3 Å². The zero-order valence-electron chi connectivity index (χ0n) is 10.6. The van der Waals surface area contributed by atoms with Gasteiger partial charge in [0.1, 0.15) is 0 Å². The summed E-state index contributed by atoms with van der Waals surface area (Å²) in [5.41, 5.74) is 9.48. The molecular formula is C16H17ClFN. The zero-order chi connectivity index (χ0) is 12.8. The fraction of sp³-hybridized carbons (Fsp3) is 0.125. The van der Waals surface area contributed by atoms with E-state index in [0.717, 1.165) is 11.1 Å². The molecule has 3 heteroatoms. The Morgan fingerprint density at radius 3 is 2.05 bits per heavy atom. The second-order valence-electron chi connectivity index (χ2n) is 4.21. The van der Waals surface area contributed by atoms with Crippen LogP contribution >= 0.6 is 12.4 Å². The van der Waals surface area contributed by atoms with Crippen molar-refractivity contribution in [1.29, 1.82) is 0 Å². The first-order valence-corrected chi connectivity index (χ1v) is 5.96. The molecule has 0 radical (unpaired) electrons. The molecule has 2 N–H and O–H groups in total. The summed E-state index contributed by atoms with van der Waals surface area (Å²) in [7, 11) is 0. The summed E-state index contributed by atoms with van der Waals surface area (Å²) in [6.45, 7) is 0.261. The van der Waals surface area contributed by atoms with Gasteiger partial charge in [0.15, 0.2) is 0 Å². The van der Waals surface area contributed by atoms with Crippen molar-refractivity contribution in [3.8, 4) is 11.1 Å². The van der Waals surface area contributed by atoms with Crippen LogP contribution in [0.25, 0.3) is 11.1 Å². The molecular weight excluding hydrogens is 261 g/mol. The number of hydrogen-bond acceptors (Lipinski definition) is 1. The van der Waals surface area contributed by atoms with Crippen molar-refractivity contribution >= 4 is 12.4 Å². The van der Waals surface area contributed by atoms with E-state index in [4.69, 9.17) is 5.73 Å². The SMILES string of the molecule is Cl.NCC(=CF)Cc1ccc(-c2ccccc2)cc1. The van der Waals surface area contributed by atoms with Gasteiger partial charge in [-0.3, -0.25) is 0 Å². The Balaban J connectivity index is 0.00000180. The van der Waals surface area contributed by atoms with E-state index in [-0.39, 0.29) is 19.0 Å². The molecule has 0 spiro atoms. The van der Waals surface area contributed by atoms with Crippen molar-refractivity contribution in [2.24, 2.45) is 5.73 Å². The molecule has 2 aromatic carbocycles. The van der Waals surface area contributed by atoms with Crippen molar-refractivity contribution in [3.63, 3.8) is 0 Å². The van der Waals surface area contributed by atoms with Gasteiger partial charge in [-0.25, -0.2) is 4.39 Å². The topological polar surface area (TPSA) is 26.0 Å². The van der Waals surface area contributed by atoms with Gasteiger partial charge in [0.2, 0.25) is 0 Å². The molecule has 0 atom stereocenters. The minimum Gasteiger partial charge on any atom is -0.327 e. The maximum absolute atomic E-state index is 12.4. The van der Waals surface area contributed by atoms with Gasteiger partial charge in [0, 0.05) is 6.54 Å². The summed E-state index contributed by atoms with van der Waals surface area (Å²) in [4.78, 5) is 0. The molecule has 0 heterocycles. The van der Waals surface area contributed by atoms with Gasteiger partial charge < -0.3 is 5.73 Å². The van der Waals surface area contributed by atoms with Gasteiger partial charge in [0.05, 0.1) is 6.33 Å². The van der Waals surface area contributed by atoms with Gasteiger partial charge in [-0.05, 0) is 28.7 Å². The summed E-state index contributed by atoms with van der Waals surface area (Å²) >= 11 is 0. The number of hydrogen-bond donors (Lipinski definition) is 1. The van der Waals surface area contributed by atoms with Crippen LogP contribution in [0, 0.1) is 0 Å². The quantitative estimate of drug-likeness (QED) is 0.893. The second-order valence-corrected chi connectivity index (χ2v) is 4.21. The Morgan fingerprint density at radius 2 is 1.53 bits per heavy atom. The molecule has 0 aliphatic carbocycles. The van der Waals surface area contributed by atoms with Crippen LogP contribution in [0.2, 0.25) is 0 Å². The highest BCUT2D eigenvalue weighted by atomic mass is 35.5. The Kier molecular flexibility index (Phi) is 6.26. The lowest BCUT2D eigenvalue weighted by Gasteiger charge is -2.05. The third kappa shape index (κ3) is 4.19. The van der Waals surface area contributed by atoms with Crippen LogP contribution in [0.1, 0.15) is 5.56 Å². The lowest BCUT2D eigenvalue weighted by atomic mass is 10.0. The highest BCUT2D eigenvalue weighted by Gasteiger charge is 2.00. The summed E-state index contributed by atoms with van der Waals surface area (Å²) in [6, 6.07) is 18.3. The van der Waals surface area contributed by atoms with E-state index in [1.54, 1.807) is 0 Å². The van der Waals surface area contributed by atoms with E-state index in [1.165, 1.54) is 5.56 Å². The maximum atomic E-state index is 12.4. The Labute approximate surface area is 119 Å². The molecule has 0 aromatic heterocycles. The largest absolute Gasteiger partial charge is 0.327 e. The standard InChI is InChI=1S/C16H16FN.ClH/c17-11-14(12-18)10-13-6-8-16(9-7-13)15-4-2-1-3-5-15;/h1-9,11H,10,12,18H2;1H. The van der Waals surface area contributed by atoms with E-state index >= 15 is 0 Å². The molecule has 0 saturated carbocycles. The molecule has 2 rings (SSSR count). The highest BCUT2D eigenvalue weighted by Crippen LogP contribution is 2.20. The van der Waals surface area contributed by atoms with Gasteiger partial charge >= 0.3 is 0 Å². The summed E-state index contributed by atoms with van der Waals surface area (Å²) in [6.07, 6.45) is 1.17. The summed E-state index contributed by atoms with van der Waals surface area (Å²) < 4.78 is 12.4. The monoisotopic (exact) mass is 277 g/mol. The van der Waals surface area contributed by atoms with Gasteiger partial charge in [-0.2, -0.15) is 0 Å². The smallest absolute Gasteiger partial charge is 0.0875 e. The van der Waals surface area contributed by atoms with E-state index < -0.39 is 0 Å². The van der Waals surface area contributed by atoms with Crippen molar-refractivity contribution < 1.29 is 4.39 Å². The van der Waals surface area contributed by atoms with Gasteiger partial charge in [-0.15, -0.1) is 12.4 Å². The van der Waals surface area contributed by atoms with E-state index in [1.807, 2.05) is 30.3 Å². The molecule has 0 aliphatic rings. The number of nitrogens with two attached hydrogens (primary N) is 1. The molecule has 0 saturated heterocycles. The molecule has 0 bridgehead atoms. The Hall–Kier alpha value is -1.64. The average molecular weight is 278 g/mol. The molecule has 1 nitrogen and oxygen atoms in total. The normalized spacial score (nSPS) is 10.9. The lowest BCUT2D eigenvalue weighted by Crippen LogP contribution is -2.05. The van der Waals surface area contributed by atoms with E-state index in [2.05, 4.69) is 24.3 Å². The van der Waals surface area contributed by atoms with Crippen molar-refractivity contribution in [2.75, 3.05) is 6.54 Å². The summed E-state index contributed by atoms with van der Waals surface area (Å²) in [5.74, 6) is 0. The number of rotatable bonds is 4. The third-order valence-electron chi connectivity index (χ3n) is 2.91. The van der Waals surface area contributed by atoms with Crippen molar-refractivity contribution in [1.82, 2.24) is 0 Å². The fourth-order valence-corrected chi connectivity index (χ4v) is 1.86. The first-order chi connectivity index (χ1) is 8.83. The number of halogens is 2. The summed E-state index contributed by atoms with van der Waals surface area (Å²) in [5, 5.41) is 0. The molecule has 0 aliphatic heterocycles. The predicted octanol–water partition coefficient (Wildman–Crippen LogP) is 4.13. The molecule has 0 unspecified atom stereocenters. The number of benzene rings is 2. The maximum Gasteiger partial charge on any atom is 0.0875 e. The Morgan fingerprint density at radius 1 is 0.947 bits per heavy atom. The fourth-order valence-electron chi connectivity index (χ4n) is 1.86. The minimum atomic E-state index is 0. The van der Waals surface area contributed by atoms with Crippen LogP contribution in [0.3, 0.4) is 0 Å². The second kappa shape index (κ2) is 7.72. The molecule has 2 aromatic rings. The third-order valence-corrected chi connectivity index (χ3v) is 2.91. The zero-order valence-corrected chi connectivity index (χ0v) is 11.4. The molecule has 19 heavy (non-hydrogen) atoms. The predicted molar refractivity (Wildman–Crippen MR) is 81.1 cm³/mol. The van der Waals surface area contributed by atoms with Crippen LogP contribution in [0.15, 0.2) is 66.5 Å². The first-order valence-electron chi connectivity index (χ1n) is 5.96. The van der Waals surface area contributed by atoms with E-state index in [9.17, 15) is 4.39 Å². The van der Waals surface area contributed by atoms with Crippen LogP contribution in [0.5, 0.6) is 0 Å².